The molecule has 0 amide bonds. The molecule has 32 heavy (non-hydrogen) atoms. The van der Waals surface area contributed by atoms with Gasteiger partial charge in [0.15, 0.2) is 5.58 Å². The van der Waals surface area contributed by atoms with Crippen LogP contribution in [0, 0.1) is 0 Å². The second-order valence-electron chi connectivity index (χ2n) is 8.46. The van der Waals surface area contributed by atoms with E-state index in [1.165, 1.54) is 35.5 Å². The molecule has 0 saturated carbocycles. The Morgan fingerprint density at radius 1 is 1.22 bits per heavy atom. The van der Waals surface area contributed by atoms with E-state index in [9.17, 15) is 9.90 Å². The highest BCUT2D eigenvalue weighted by Gasteiger charge is 2.25. The molecular weight excluding hydrogens is 488 g/mol. The van der Waals surface area contributed by atoms with Crippen LogP contribution in [-0.4, -0.2) is 22.7 Å². The molecule has 2 aromatic heterocycles. The van der Waals surface area contributed by atoms with Gasteiger partial charge in [0.1, 0.15) is 17.3 Å². The van der Waals surface area contributed by atoms with E-state index in [1.807, 2.05) is 35.7 Å². The number of phenolic OH excluding ortho intramolecular Hbond substituents is 1. The van der Waals surface area contributed by atoms with Gasteiger partial charge in [-0.1, -0.05) is 28.1 Å². The second-order valence-corrected chi connectivity index (χ2v) is 10.2. The van der Waals surface area contributed by atoms with Gasteiger partial charge in [-0.15, -0.1) is 11.3 Å². The van der Waals surface area contributed by atoms with E-state index in [0.29, 0.717) is 34.3 Å². The Kier molecular flexibility index (Phi) is 5.88. The lowest BCUT2D eigenvalue weighted by molar-refractivity contribution is -0.941. The van der Waals surface area contributed by atoms with Crippen molar-refractivity contribution in [2.24, 2.45) is 0 Å². The molecule has 1 aliphatic heterocycles. The van der Waals surface area contributed by atoms with E-state index in [2.05, 4.69) is 27.8 Å². The zero-order valence-corrected chi connectivity index (χ0v) is 20.1. The minimum absolute atomic E-state index is 0.186. The fourth-order valence-corrected chi connectivity index (χ4v) is 5.54. The van der Waals surface area contributed by atoms with Crippen molar-refractivity contribution in [3.05, 3.63) is 68.3 Å². The Labute approximate surface area is 198 Å². The molecule has 1 aliphatic rings. The van der Waals surface area contributed by atoms with Crippen LogP contribution in [0.2, 0.25) is 0 Å². The number of fused-ring (bicyclic) bond motifs is 1. The highest BCUT2D eigenvalue weighted by molar-refractivity contribution is 9.10. The van der Waals surface area contributed by atoms with E-state index in [4.69, 9.17) is 4.42 Å². The first kappa shape index (κ1) is 21.4. The molecule has 7 heteroatoms. The van der Waals surface area contributed by atoms with E-state index >= 15 is 0 Å². The zero-order chi connectivity index (χ0) is 22.2. The number of rotatable bonds is 4. The maximum atomic E-state index is 12.9. The van der Waals surface area contributed by atoms with Crippen molar-refractivity contribution in [3.8, 4) is 27.6 Å². The summed E-state index contributed by atoms with van der Waals surface area (Å²) in [4.78, 5) is 19.1. The summed E-state index contributed by atoms with van der Waals surface area (Å²) in [5.74, 6) is 0.186. The molecule has 2 N–H and O–H groups in total. The fraction of sp³-hybridized carbons (Fsp3) is 0.280. The number of nitrogens with one attached hydrogen (secondary N) is 1. The van der Waals surface area contributed by atoms with Gasteiger partial charge in [0, 0.05) is 20.8 Å². The van der Waals surface area contributed by atoms with Gasteiger partial charge in [0.2, 0.25) is 0 Å². The Hall–Kier alpha value is -2.48. The number of quaternary nitrogens is 1. The standard InChI is InChI=1S/C25H23BrN2O3S/c1-15-4-2-3-11-28(15)13-20-22(29)10-7-17-12-19(25(30)31-23(17)20)24-27-21(14-32-24)16-5-8-18(26)9-6-16/h5-10,12,14-15,29H,2-4,11,13H2,1H3/p+1/t15-/m0/s1. The maximum absolute atomic E-state index is 12.9. The van der Waals surface area contributed by atoms with Crippen LogP contribution in [0.3, 0.4) is 0 Å². The molecule has 164 valence electrons. The van der Waals surface area contributed by atoms with Crippen LogP contribution in [0.15, 0.2) is 61.5 Å². The Bertz CT molecular complexity index is 1330. The number of halogens is 1. The quantitative estimate of drug-likeness (QED) is 0.378. The predicted octanol–water partition coefficient (Wildman–Crippen LogP) is 5.01. The van der Waals surface area contributed by atoms with Crippen molar-refractivity contribution < 1.29 is 14.4 Å². The molecule has 0 radical (unpaired) electrons. The summed E-state index contributed by atoms with van der Waals surface area (Å²) in [5.41, 5.74) is 3.03. The summed E-state index contributed by atoms with van der Waals surface area (Å²) in [6.07, 6.45) is 3.62. The summed E-state index contributed by atoms with van der Waals surface area (Å²) in [6.45, 7) is 3.96. The first-order valence-electron chi connectivity index (χ1n) is 10.8. The smallest absolute Gasteiger partial charge is 0.346 e. The molecule has 5 rings (SSSR count). The molecule has 0 aliphatic carbocycles. The normalized spacial score (nSPS) is 18.8. The Morgan fingerprint density at radius 3 is 2.81 bits per heavy atom. The average Bonchev–Trinajstić information content (AvgIpc) is 3.27. The number of aromatic hydroxyl groups is 1. The number of hydrogen-bond donors (Lipinski definition) is 2. The van der Waals surface area contributed by atoms with Crippen molar-refractivity contribution in [2.45, 2.75) is 38.8 Å². The molecule has 2 aromatic carbocycles. The number of benzene rings is 2. The van der Waals surface area contributed by atoms with Crippen molar-refractivity contribution in [2.75, 3.05) is 6.54 Å². The van der Waals surface area contributed by atoms with Crippen molar-refractivity contribution in [1.29, 1.82) is 0 Å². The molecule has 3 heterocycles. The van der Waals surface area contributed by atoms with Crippen LogP contribution >= 0.6 is 27.3 Å². The SMILES string of the molecule is C[C@H]1CCCC[NH+]1Cc1c(O)ccc2cc(-c3nc(-c4ccc(Br)cc4)cs3)c(=O)oc12. The lowest BCUT2D eigenvalue weighted by Crippen LogP contribution is -3.14. The summed E-state index contributed by atoms with van der Waals surface area (Å²) in [6, 6.07) is 13.8. The lowest BCUT2D eigenvalue weighted by Gasteiger charge is -2.30. The summed E-state index contributed by atoms with van der Waals surface area (Å²) >= 11 is 4.87. The van der Waals surface area contributed by atoms with Gasteiger partial charge in [-0.3, -0.25) is 0 Å². The van der Waals surface area contributed by atoms with Gasteiger partial charge in [-0.05, 0) is 56.5 Å². The van der Waals surface area contributed by atoms with Crippen LogP contribution in [0.4, 0.5) is 0 Å². The maximum Gasteiger partial charge on any atom is 0.346 e. The number of aromatic nitrogens is 1. The third-order valence-corrected chi connectivity index (χ3v) is 7.75. The van der Waals surface area contributed by atoms with Crippen molar-refractivity contribution in [1.82, 2.24) is 4.98 Å². The molecule has 0 bridgehead atoms. The number of thiazole rings is 1. The molecule has 1 fully saturated rings. The van der Waals surface area contributed by atoms with E-state index < -0.39 is 5.63 Å². The van der Waals surface area contributed by atoms with Crippen molar-refractivity contribution >= 4 is 38.2 Å². The van der Waals surface area contributed by atoms with Gasteiger partial charge in [0.05, 0.1) is 29.4 Å². The van der Waals surface area contributed by atoms with Crippen LogP contribution in [0.1, 0.15) is 31.7 Å². The van der Waals surface area contributed by atoms with Crippen LogP contribution in [0.25, 0.3) is 32.8 Å². The third-order valence-electron chi connectivity index (χ3n) is 6.34. The van der Waals surface area contributed by atoms with E-state index in [1.54, 1.807) is 12.1 Å². The van der Waals surface area contributed by atoms with E-state index in [-0.39, 0.29) is 5.75 Å². The first-order chi connectivity index (χ1) is 15.5. The molecule has 1 saturated heterocycles. The summed E-state index contributed by atoms with van der Waals surface area (Å²) in [7, 11) is 0. The number of hydrogen-bond acceptors (Lipinski definition) is 5. The second kappa shape index (κ2) is 8.81. The van der Waals surface area contributed by atoms with Crippen LogP contribution in [-0.2, 0) is 6.54 Å². The van der Waals surface area contributed by atoms with Crippen LogP contribution in [0.5, 0.6) is 5.75 Å². The minimum atomic E-state index is -0.428. The molecule has 0 spiro atoms. The Morgan fingerprint density at radius 2 is 2.03 bits per heavy atom. The number of likely N-dealkylation sites (tertiary alicyclic amines) is 1. The topological polar surface area (TPSA) is 67.8 Å². The lowest BCUT2D eigenvalue weighted by atomic mass is 10.0. The Balaban J connectivity index is 1.52. The van der Waals surface area contributed by atoms with E-state index in [0.717, 1.165) is 27.7 Å². The largest absolute Gasteiger partial charge is 0.507 e. The molecule has 5 nitrogen and oxygen atoms in total. The number of piperidine rings is 1. The van der Waals surface area contributed by atoms with Gasteiger partial charge in [-0.2, -0.15) is 0 Å². The van der Waals surface area contributed by atoms with Gasteiger partial charge < -0.3 is 14.4 Å². The number of phenols is 1. The minimum Gasteiger partial charge on any atom is -0.507 e. The van der Waals surface area contributed by atoms with Crippen molar-refractivity contribution in [3.63, 3.8) is 0 Å². The molecule has 2 atom stereocenters. The average molecular weight is 512 g/mol. The molecule has 4 aromatic rings. The molecule has 1 unspecified atom stereocenters. The van der Waals surface area contributed by atoms with Crippen LogP contribution < -0.4 is 10.5 Å². The van der Waals surface area contributed by atoms with Gasteiger partial charge in [-0.25, -0.2) is 9.78 Å². The zero-order valence-electron chi connectivity index (χ0n) is 17.7. The predicted molar refractivity (Wildman–Crippen MR) is 131 cm³/mol. The summed E-state index contributed by atoms with van der Waals surface area (Å²) < 4.78 is 6.80. The monoisotopic (exact) mass is 511 g/mol. The van der Waals surface area contributed by atoms with Gasteiger partial charge >= 0.3 is 5.63 Å². The van der Waals surface area contributed by atoms with Gasteiger partial charge in [0.25, 0.3) is 0 Å². The number of nitrogens with zero attached hydrogens (tertiary/aromatic N) is 1. The third kappa shape index (κ3) is 4.12. The highest BCUT2D eigenvalue weighted by Crippen LogP contribution is 2.32. The molecular formula is C25H24BrN2O3S+. The summed E-state index contributed by atoms with van der Waals surface area (Å²) in [5, 5.41) is 13.9. The first-order valence-corrected chi connectivity index (χ1v) is 12.5. The highest BCUT2D eigenvalue weighted by atomic mass is 79.9. The fourth-order valence-electron chi connectivity index (χ4n) is 4.45.